The standard InChI is InChI=1S/C27H26N5O9P.Na/c1-29-15-19(18-7-3-4-8-20(18)29)23-24(22-13-16-9-10-17(32(36)37)14-21(16)30(22)2)26(34)31(25(23)33)27(35)28-11-5-6-12-41-42(38,39)40;/h3-4,7-10,13-15H,5-6,11-12H2,1-2H3,(H,28,35)(H2,38,39,40);. The molecule has 219 valence electrons. The first kappa shape index (κ1) is 32.3. The van der Waals surface area contributed by atoms with Crippen LogP contribution in [0.2, 0.25) is 0 Å². The molecule has 16 heteroatoms. The van der Waals surface area contributed by atoms with Crippen molar-refractivity contribution in [1.82, 2.24) is 19.4 Å². The number of fused-ring (bicyclic) bond motifs is 2. The first-order valence-corrected chi connectivity index (χ1v) is 14.3. The Hall–Kier alpha value is -3.62. The third kappa shape index (κ3) is 6.22. The SMILES string of the molecule is Cn1cc(C2=C(c3cc4ccc([N+](=O)[O-])cc4n3C)C(=O)N(C(=O)NCCCCOP(=O)(O)O)C2=O)c2ccccc21.[Na]. The number of para-hydroxylation sites is 1. The first-order chi connectivity index (χ1) is 19.9. The molecule has 2 aromatic heterocycles. The van der Waals surface area contributed by atoms with Gasteiger partial charge in [0, 0.05) is 90.4 Å². The topological polar surface area (TPSA) is 186 Å². The number of phosphoric acid groups is 1. The fourth-order valence-electron chi connectivity index (χ4n) is 5.10. The zero-order valence-electron chi connectivity index (χ0n) is 23.5. The summed E-state index contributed by atoms with van der Waals surface area (Å²) in [7, 11) is -1.19. The molecule has 0 aliphatic carbocycles. The number of nitro groups is 1. The predicted molar refractivity (Wildman–Crippen MR) is 158 cm³/mol. The van der Waals surface area contributed by atoms with E-state index in [4.69, 9.17) is 9.79 Å². The van der Waals surface area contributed by atoms with E-state index in [0.29, 0.717) is 32.4 Å². The Bertz CT molecular complexity index is 1870. The summed E-state index contributed by atoms with van der Waals surface area (Å²) in [6.45, 7) is -0.227. The minimum Gasteiger partial charge on any atom is -0.350 e. The molecule has 43 heavy (non-hydrogen) atoms. The number of benzene rings is 2. The Balaban J connectivity index is 0.00000423. The van der Waals surface area contributed by atoms with Crippen LogP contribution in [0.1, 0.15) is 24.1 Å². The molecule has 0 unspecified atom stereocenters. The van der Waals surface area contributed by atoms with Crippen LogP contribution in [0.4, 0.5) is 10.5 Å². The molecule has 2 aromatic carbocycles. The van der Waals surface area contributed by atoms with Crippen molar-refractivity contribution in [3.63, 3.8) is 0 Å². The van der Waals surface area contributed by atoms with E-state index in [1.54, 1.807) is 53.7 Å². The van der Waals surface area contributed by atoms with Gasteiger partial charge in [-0.15, -0.1) is 0 Å². The van der Waals surface area contributed by atoms with Crippen molar-refractivity contribution in [3.05, 3.63) is 76.1 Å². The molecule has 0 fully saturated rings. The Labute approximate surface area is 266 Å². The van der Waals surface area contributed by atoms with E-state index in [1.807, 2.05) is 12.1 Å². The summed E-state index contributed by atoms with van der Waals surface area (Å²) in [5.74, 6) is -1.68. The molecule has 1 aliphatic rings. The van der Waals surface area contributed by atoms with Gasteiger partial charge in [-0.1, -0.05) is 18.2 Å². The van der Waals surface area contributed by atoms with Crippen LogP contribution in [-0.4, -0.2) is 89.3 Å². The molecule has 3 N–H and O–H groups in total. The van der Waals surface area contributed by atoms with E-state index in [9.17, 15) is 29.1 Å². The fraction of sp³-hybridized carbons (Fsp3) is 0.222. The van der Waals surface area contributed by atoms with Crippen LogP contribution in [0.25, 0.3) is 33.0 Å². The Morgan fingerprint density at radius 3 is 2.42 bits per heavy atom. The van der Waals surface area contributed by atoms with E-state index in [1.165, 1.54) is 12.1 Å². The summed E-state index contributed by atoms with van der Waals surface area (Å²) < 4.78 is 18.6. The molecule has 5 rings (SSSR count). The number of rotatable bonds is 9. The maximum Gasteiger partial charge on any atom is 0.469 e. The number of aromatic nitrogens is 2. The molecular formula is C27H26N5NaO9P. The number of amides is 4. The van der Waals surface area contributed by atoms with Gasteiger partial charge in [-0.05, 0) is 31.0 Å². The molecule has 0 saturated heterocycles. The zero-order valence-corrected chi connectivity index (χ0v) is 26.4. The molecule has 0 spiro atoms. The molecule has 0 bridgehead atoms. The minimum atomic E-state index is -4.61. The molecule has 0 atom stereocenters. The normalized spacial score (nSPS) is 13.7. The number of nitro benzene ring substituents is 1. The number of imide groups is 3. The van der Waals surface area contributed by atoms with Crippen molar-refractivity contribution in [2.24, 2.45) is 14.1 Å². The minimum absolute atomic E-state index is 0. The Morgan fingerprint density at radius 2 is 1.72 bits per heavy atom. The summed E-state index contributed by atoms with van der Waals surface area (Å²) in [4.78, 5) is 69.9. The van der Waals surface area contributed by atoms with Crippen molar-refractivity contribution in [2.75, 3.05) is 13.2 Å². The van der Waals surface area contributed by atoms with Gasteiger partial charge in [0.2, 0.25) is 0 Å². The number of hydrogen-bond donors (Lipinski definition) is 3. The molecule has 4 amide bonds. The van der Waals surface area contributed by atoms with Gasteiger partial charge >= 0.3 is 13.9 Å². The van der Waals surface area contributed by atoms with Crippen LogP contribution >= 0.6 is 7.82 Å². The van der Waals surface area contributed by atoms with Gasteiger partial charge in [0.05, 0.1) is 33.9 Å². The maximum atomic E-state index is 13.9. The van der Waals surface area contributed by atoms with Crippen LogP contribution in [0, 0.1) is 10.1 Å². The van der Waals surface area contributed by atoms with Crippen LogP contribution in [0.3, 0.4) is 0 Å². The first-order valence-electron chi connectivity index (χ1n) is 12.8. The van der Waals surface area contributed by atoms with Crippen molar-refractivity contribution in [2.45, 2.75) is 12.8 Å². The number of phosphoric ester groups is 1. The smallest absolute Gasteiger partial charge is 0.350 e. The largest absolute Gasteiger partial charge is 0.469 e. The van der Waals surface area contributed by atoms with Crippen molar-refractivity contribution >= 4 is 93.9 Å². The molecule has 4 aromatic rings. The van der Waals surface area contributed by atoms with E-state index >= 15 is 0 Å². The van der Waals surface area contributed by atoms with Gasteiger partial charge in [-0.3, -0.25) is 24.2 Å². The van der Waals surface area contributed by atoms with Crippen molar-refractivity contribution in [3.8, 4) is 0 Å². The monoisotopic (exact) mass is 618 g/mol. The average Bonchev–Trinajstić information content (AvgIpc) is 3.53. The number of nitrogens with one attached hydrogen (secondary N) is 1. The van der Waals surface area contributed by atoms with Crippen LogP contribution < -0.4 is 5.32 Å². The summed E-state index contributed by atoms with van der Waals surface area (Å²) in [6.07, 6.45) is 2.18. The molecule has 1 radical (unpaired) electrons. The van der Waals surface area contributed by atoms with Gasteiger partial charge in [0.15, 0.2) is 0 Å². The Morgan fingerprint density at radius 1 is 1.02 bits per heavy atom. The van der Waals surface area contributed by atoms with Gasteiger partial charge in [0.1, 0.15) is 0 Å². The van der Waals surface area contributed by atoms with E-state index in [-0.39, 0.29) is 72.4 Å². The number of carbonyl (C=O) groups excluding carboxylic acids is 3. The second-order valence-electron chi connectivity index (χ2n) is 9.72. The maximum absolute atomic E-state index is 13.9. The number of unbranched alkanes of at least 4 members (excludes halogenated alkanes) is 1. The van der Waals surface area contributed by atoms with Crippen molar-refractivity contribution < 1.29 is 38.2 Å². The summed E-state index contributed by atoms with van der Waals surface area (Å²) in [5.41, 5.74) is 1.86. The molecular weight excluding hydrogens is 592 g/mol. The van der Waals surface area contributed by atoms with Crippen LogP contribution in [0.5, 0.6) is 0 Å². The van der Waals surface area contributed by atoms with Crippen LogP contribution in [-0.2, 0) is 32.8 Å². The van der Waals surface area contributed by atoms with Crippen molar-refractivity contribution in [1.29, 1.82) is 0 Å². The average molecular weight is 618 g/mol. The molecule has 14 nitrogen and oxygen atoms in total. The second kappa shape index (κ2) is 12.5. The number of carbonyl (C=O) groups is 3. The van der Waals surface area contributed by atoms with Gasteiger partial charge in [-0.25, -0.2) is 9.36 Å². The number of aryl methyl sites for hydroxylation is 2. The Kier molecular flexibility index (Phi) is 9.42. The molecule has 1 aliphatic heterocycles. The number of urea groups is 1. The molecule has 0 saturated carbocycles. The van der Waals surface area contributed by atoms with E-state index < -0.39 is 30.6 Å². The predicted octanol–water partition coefficient (Wildman–Crippen LogP) is 3.08. The van der Waals surface area contributed by atoms with E-state index in [0.717, 1.165) is 5.52 Å². The quantitative estimate of drug-likeness (QED) is 0.0633. The zero-order chi connectivity index (χ0) is 30.3. The number of non-ortho nitro benzene ring substituents is 1. The number of nitrogens with zero attached hydrogens (tertiary/aromatic N) is 4. The van der Waals surface area contributed by atoms with Gasteiger partial charge < -0.3 is 24.2 Å². The third-order valence-electron chi connectivity index (χ3n) is 7.06. The van der Waals surface area contributed by atoms with Gasteiger partial charge in [0.25, 0.3) is 17.5 Å². The molecule has 3 heterocycles. The second-order valence-corrected chi connectivity index (χ2v) is 11.0. The fourth-order valence-corrected chi connectivity index (χ4v) is 5.47. The number of hydrogen-bond acceptors (Lipinski definition) is 7. The summed E-state index contributed by atoms with van der Waals surface area (Å²) >= 11 is 0. The summed E-state index contributed by atoms with van der Waals surface area (Å²) in [5, 5.41) is 15.2. The van der Waals surface area contributed by atoms with Crippen LogP contribution in [0.15, 0.2) is 54.7 Å². The van der Waals surface area contributed by atoms with Gasteiger partial charge in [-0.2, -0.15) is 4.90 Å². The van der Waals surface area contributed by atoms with E-state index in [2.05, 4.69) is 9.84 Å². The summed E-state index contributed by atoms with van der Waals surface area (Å²) in [6, 6.07) is 12.3. The third-order valence-corrected chi connectivity index (χ3v) is 7.57.